The molecule has 3 heterocycles. The standard InChI is InChI=1S/C24H30N6O2/c1-6-32-24-19(8-7-11-26-24)20-12-21(23(29-15(2)3)22(30-20)16(4)25)28-13-17-9-10-18(31-5)14-27-17/h7-12,14-15,25,29H,6,13H2,1-5H3,(H,28,30). The maximum Gasteiger partial charge on any atom is 0.222 e. The summed E-state index contributed by atoms with van der Waals surface area (Å²) in [5, 5.41) is 15.3. The van der Waals surface area contributed by atoms with Crippen LogP contribution in [0, 0.1) is 5.41 Å². The van der Waals surface area contributed by atoms with Crippen molar-refractivity contribution >= 4 is 17.1 Å². The second-order valence-corrected chi connectivity index (χ2v) is 7.53. The largest absolute Gasteiger partial charge is 0.495 e. The number of methoxy groups -OCH3 is 1. The van der Waals surface area contributed by atoms with Gasteiger partial charge in [-0.25, -0.2) is 9.97 Å². The molecule has 3 aromatic heterocycles. The molecule has 168 valence electrons. The summed E-state index contributed by atoms with van der Waals surface area (Å²) in [7, 11) is 1.62. The number of nitrogens with zero attached hydrogens (tertiary/aromatic N) is 3. The van der Waals surface area contributed by atoms with Gasteiger partial charge in [0.1, 0.15) is 11.4 Å². The Morgan fingerprint density at radius 3 is 2.62 bits per heavy atom. The van der Waals surface area contributed by atoms with Crippen molar-refractivity contribution in [1.82, 2.24) is 15.0 Å². The van der Waals surface area contributed by atoms with Crippen LogP contribution in [0.2, 0.25) is 0 Å². The van der Waals surface area contributed by atoms with Crippen LogP contribution in [0.1, 0.15) is 39.1 Å². The minimum atomic E-state index is 0.165. The maximum atomic E-state index is 8.35. The number of pyridine rings is 3. The molecule has 0 unspecified atom stereocenters. The molecule has 0 saturated carbocycles. The molecule has 0 spiro atoms. The highest BCUT2D eigenvalue weighted by Crippen LogP contribution is 2.34. The molecule has 0 aliphatic carbocycles. The lowest BCUT2D eigenvalue weighted by atomic mass is 10.1. The van der Waals surface area contributed by atoms with E-state index < -0.39 is 0 Å². The Hall–Kier alpha value is -3.68. The second-order valence-electron chi connectivity index (χ2n) is 7.53. The van der Waals surface area contributed by atoms with Crippen LogP contribution >= 0.6 is 0 Å². The molecule has 0 amide bonds. The fraction of sp³-hybridized carbons (Fsp3) is 0.333. The Bertz CT molecular complexity index is 1070. The first kappa shape index (κ1) is 23.0. The van der Waals surface area contributed by atoms with Crippen molar-refractivity contribution in [2.45, 2.75) is 40.3 Å². The van der Waals surface area contributed by atoms with Crippen LogP contribution in [0.3, 0.4) is 0 Å². The minimum Gasteiger partial charge on any atom is -0.495 e. The van der Waals surface area contributed by atoms with Crippen molar-refractivity contribution in [1.29, 1.82) is 5.41 Å². The van der Waals surface area contributed by atoms with Gasteiger partial charge in [0.05, 0.1) is 60.5 Å². The first-order chi connectivity index (χ1) is 15.4. The average molecular weight is 435 g/mol. The summed E-state index contributed by atoms with van der Waals surface area (Å²) in [5.41, 5.74) is 4.88. The summed E-state index contributed by atoms with van der Waals surface area (Å²) in [6.07, 6.45) is 3.39. The predicted octanol–water partition coefficient (Wildman–Crippen LogP) is 4.77. The van der Waals surface area contributed by atoms with Gasteiger partial charge in [-0.05, 0) is 58.0 Å². The van der Waals surface area contributed by atoms with Gasteiger partial charge in [-0.2, -0.15) is 0 Å². The third kappa shape index (κ3) is 5.51. The fourth-order valence-corrected chi connectivity index (χ4v) is 3.19. The van der Waals surface area contributed by atoms with Crippen LogP contribution in [0.4, 0.5) is 11.4 Å². The SMILES string of the molecule is CCOc1ncccc1-c1cc(NCc2ccc(OC)cn2)c(NC(C)C)c(C(C)=N)n1. The Morgan fingerprint density at radius 2 is 2.00 bits per heavy atom. The number of aromatic nitrogens is 3. The molecule has 3 N–H and O–H groups in total. The van der Waals surface area contributed by atoms with Crippen LogP contribution < -0.4 is 20.1 Å². The lowest BCUT2D eigenvalue weighted by molar-refractivity contribution is 0.328. The average Bonchev–Trinajstić information content (AvgIpc) is 2.78. The van der Waals surface area contributed by atoms with E-state index in [2.05, 4.69) is 34.4 Å². The molecule has 8 heteroatoms. The van der Waals surface area contributed by atoms with E-state index in [0.29, 0.717) is 41.9 Å². The van der Waals surface area contributed by atoms with Gasteiger partial charge in [0.15, 0.2) is 0 Å². The predicted molar refractivity (Wildman–Crippen MR) is 128 cm³/mol. The first-order valence-electron chi connectivity index (χ1n) is 10.6. The van der Waals surface area contributed by atoms with E-state index >= 15 is 0 Å². The van der Waals surface area contributed by atoms with Crippen molar-refractivity contribution in [3.63, 3.8) is 0 Å². The van der Waals surface area contributed by atoms with E-state index in [-0.39, 0.29) is 6.04 Å². The minimum absolute atomic E-state index is 0.165. The number of rotatable bonds is 10. The van der Waals surface area contributed by atoms with Crippen LogP contribution in [-0.2, 0) is 6.54 Å². The highest BCUT2D eigenvalue weighted by atomic mass is 16.5. The zero-order valence-corrected chi connectivity index (χ0v) is 19.2. The molecule has 3 rings (SSSR count). The van der Waals surface area contributed by atoms with E-state index in [1.54, 1.807) is 26.4 Å². The summed E-state index contributed by atoms with van der Waals surface area (Å²) in [4.78, 5) is 13.6. The summed E-state index contributed by atoms with van der Waals surface area (Å²) in [6, 6.07) is 9.70. The molecule has 0 aliphatic heterocycles. The molecule has 3 aromatic rings. The quantitative estimate of drug-likeness (QED) is 0.395. The van der Waals surface area contributed by atoms with Gasteiger partial charge in [-0.1, -0.05) is 0 Å². The van der Waals surface area contributed by atoms with Crippen molar-refractivity contribution in [3.8, 4) is 22.9 Å². The number of anilines is 2. The molecular formula is C24H30N6O2. The van der Waals surface area contributed by atoms with Gasteiger partial charge in [0, 0.05) is 12.2 Å². The Morgan fingerprint density at radius 1 is 1.19 bits per heavy atom. The monoisotopic (exact) mass is 434 g/mol. The molecule has 0 fully saturated rings. The van der Waals surface area contributed by atoms with E-state index in [9.17, 15) is 0 Å². The van der Waals surface area contributed by atoms with Gasteiger partial charge in [0.2, 0.25) is 5.88 Å². The molecular weight excluding hydrogens is 404 g/mol. The van der Waals surface area contributed by atoms with Crippen LogP contribution in [0.25, 0.3) is 11.3 Å². The van der Waals surface area contributed by atoms with Crippen molar-refractivity contribution in [2.24, 2.45) is 0 Å². The fourth-order valence-electron chi connectivity index (χ4n) is 3.19. The lowest BCUT2D eigenvalue weighted by Gasteiger charge is -2.21. The van der Waals surface area contributed by atoms with E-state index in [1.165, 1.54) is 0 Å². The molecule has 0 atom stereocenters. The molecule has 32 heavy (non-hydrogen) atoms. The van der Waals surface area contributed by atoms with E-state index in [4.69, 9.17) is 19.9 Å². The number of hydrogen-bond acceptors (Lipinski definition) is 8. The third-order valence-electron chi connectivity index (χ3n) is 4.63. The third-order valence-corrected chi connectivity index (χ3v) is 4.63. The summed E-state index contributed by atoms with van der Waals surface area (Å²) < 4.78 is 10.9. The normalized spacial score (nSPS) is 10.7. The zero-order valence-electron chi connectivity index (χ0n) is 19.2. The Balaban J connectivity index is 2.06. The van der Waals surface area contributed by atoms with Gasteiger partial charge in [-0.3, -0.25) is 4.98 Å². The maximum absolute atomic E-state index is 8.35. The summed E-state index contributed by atoms with van der Waals surface area (Å²) in [6.45, 7) is 8.77. The Kier molecular flexibility index (Phi) is 7.59. The van der Waals surface area contributed by atoms with Crippen molar-refractivity contribution in [2.75, 3.05) is 24.4 Å². The van der Waals surface area contributed by atoms with Gasteiger partial charge < -0.3 is 25.5 Å². The lowest BCUT2D eigenvalue weighted by Crippen LogP contribution is -2.17. The van der Waals surface area contributed by atoms with Crippen LogP contribution in [0.15, 0.2) is 42.7 Å². The summed E-state index contributed by atoms with van der Waals surface area (Å²) in [5.74, 6) is 1.23. The summed E-state index contributed by atoms with van der Waals surface area (Å²) >= 11 is 0. The Labute approximate surface area is 189 Å². The highest BCUT2D eigenvalue weighted by molar-refractivity contribution is 6.03. The molecule has 0 aliphatic rings. The molecule has 0 radical (unpaired) electrons. The number of ether oxygens (including phenoxy) is 2. The zero-order chi connectivity index (χ0) is 23.1. The van der Waals surface area contributed by atoms with E-state index in [1.807, 2.05) is 37.3 Å². The molecule has 0 aromatic carbocycles. The van der Waals surface area contributed by atoms with Gasteiger partial charge in [0.25, 0.3) is 0 Å². The number of hydrogen-bond donors (Lipinski definition) is 3. The molecule has 0 saturated heterocycles. The van der Waals surface area contributed by atoms with Crippen molar-refractivity contribution in [3.05, 3.63) is 54.1 Å². The van der Waals surface area contributed by atoms with Crippen LogP contribution in [0.5, 0.6) is 11.6 Å². The second kappa shape index (κ2) is 10.6. The van der Waals surface area contributed by atoms with Crippen LogP contribution in [-0.4, -0.2) is 40.4 Å². The number of nitrogens with one attached hydrogen (secondary N) is 3. The van der Waals surface area contributed by atoms with Crippen molar-refractivity contribution < 1.29 is 9.47 Å². The first-order valence-corrected chi connectivity index (χ1v) is 10.6. The smallest absolute Gasteiger partial charge is 0.222 e. The topological polar surface area (TPSA) is 105 Å². The van der Waals surface area contributed by atoms with Gasteiger partial charge >= 0.3 is 0 Å². The molecule has 8 nitrogen and oxygen atoms in total. The molecule has 0 bridgehead atoms. The van der Waals surface area contributed by atoms with E-state index in [0.717, 1.165) is 22.6 Å². The van der Waals surface area contributed by atoms with Gasteiger partial charge in [-0.15, -0.1) is 0 Å². The highest BCUT2D eigenvalue weighted by Gasteiger charge is 2.18.